The van der Waals surface area contributed by atoms with Crippen LogP contribution in [0.4, 0.5) is 0 Å². The molecule has 4 heteroatoms. The van der Waals surface area contributed by atoms with Crippen molar-refractivity contribution in [1.82, 2.24) is 0 Å². The Bertz CT molecular complexity index is 27.0. The van der Waals surface area contributed by atoms with Crippen molar-refractivity contribution in [2.24, 2.45) is 0 Å². The number of hydrogen-bond donors (Lipinski definition) is 0. The maximum atomic E-state index is 4.38. The molecule has 0 atom stereocenters. The van der Waals surface area contributed by atoms with Crippen LogP contribution in [0.3, 0.4) is 0 Å². The fourth-order valence-electron chi connectivity index (χ4n) is 0. The van der Waals surface area contributed by atoms with Crippen molar-refractivity contribution >= 4 is 19.6 Å². The normalized spacial score (nSPS) is 3.00. The summed E-state index contributed by atoms with van der Waals surface area (Å²) in [5.41, 5.74) is 0. The maximum absolute atomic E-state index is 4.38. The van der Waals surface area contributed by atoms with Crippen molar-refractivity contribution in [3.05, 3.63) is 0 Å². The van der Waals surface area contributed by atoms with Crippen LogP contribution in [0.25, 0.3) is 0 Å². The first-order valence-corrected chi connectivity index (χ1v) is 8.19. The molecular formula is NbS2W. The van der Waals surface area contributed by atoms with E-state index in [2.05, 4.69) is 19.6 Å². The van der Waals surface area contributed by atoms with Crippen molar-refractivity contribution in [2.45, 2.75) is 0 Å². The predicted octanol–water partition coefficient (Wildman–Crippen LogP) is 1.29. The first kappa shape index (κ1) is 9.29. The van der Waals surface area contributed by atoms with Gasteiger partial charge in [-0.25, -0.2) is 0 Å². The van der Waals surface area contributed by atoms with E-state index >= 15 is 0 Å². The van der Waals surface area contributed by atoms with Gasteiger partial charge in [0, 0.05) is 22.4 Å². The van der Waals surface area contributed by atoms with E-state index in [0.717, 1.165) is 0 Å². The summed E-state index contributed by atoms with van der Waals surface area (Å²) in [5.74, 6) is 0. The van der Waals surface area contributed by atoms with Gasteiger partial charge in [0.25, 0.3) is 0 Å². The summed E-state index contributed by atoms with van der Waals surface area (Å²) >= 11 is -0.583. The molecule has 0 aromatic rings. The van der Waals surface area contributed by atoms with Crippen LogP contribution >= 0.6 is 19.6 Å². The van der Waals surface area contributed by atoms with Crippen LogP contribution in [0.2, 0.25) is 0 Å². The molecule has 1 radical (unpaired) electrons. The van der Waals surface area contributed by atoms with E-state index in [9.17, 15) is 0 Å². The average molecular weight is 341 g/mol. The van der Waals surface area contributed by atoms with Crippen LogP contribution in [0.15, 0.2) is 0 Å². The molecule has 0 unspecified atom stereocenters. The first-order valence-electron chi connectivity index (χ1n) is 0.333. The van der Waals surface area contributed by atoms with Gasteiger partial charge in [-0.05, 0) is 0 Å². The second-order valence-corrected chi connectivity index (χ2v) is 5.01. The monoisotopic (exact) mass is 341 g/mol. The Labute approximate surface area is 56.3 Å². The summed E-state index contributed by atoms with van der Waals surface area (Å²) in [4.78, 5) is 0. The Balaban J connectivity index is 0. The Morgan fingerprint density at radius 3 is 1.25 bits per heavy atom. The predicted molar refractivity (Wildman–Crippen MR) is 15.2 cm³/mol. The summed E-state index contributed by atoms with van der Waals surface area (Å²) in [6.45, 7) is 0. The Morgan fingerprint density at radius 1 is 1.25 bits per heavy atom. The third-order valence-corrected chi connectivity index (χ3v) is 0. The van der Waals surface area contributed by atoms with E-state index < -0.39 is 14.9 Å². The van der Waals surface area contributed by atoms with E-state index in [4.69, 9.17) is 0 Å². The van der Waals surface area contributed by atoms with E-state index in [0.29, 0.717) is 0 Å². The average Bonchev–Trinajstić information content (AvgIpc) is 0.918. The Morgan fingerprint density at radius 2 is 1.25 bits per heavy atom. The standard InChI is InChI=1S/Nb.2S.W. The zero-order valence-electron chi connectivity index (χ0n) is 1.67. The number of hydrogen-bond acceptors (Lipinski definition) is 2. The van der Waals surface area contributed by atoms with E-state index in [1.807, 2.05) is 0 Å². The zero-order valence-corrected chi connectivity index (χ0v) is 8.44. The third kappa shape index (κ3) is 9.12. The molecule has 0 spiro atoms. The molecule has 0 N–H and O–H groups in total. The molecule has 0 aromatic carbocycles. The molecule has 0 amide bonds. The van der Waals surface area contributed by atoms with E-state index in [1.54, 1.807) is 0 Å². The fourth-order valence-corrected chi connectivity index (χ4v) is 0. The fraction of sp³-hybridized carbons (Fsp3) is 0. The molecule has 0 aliphatic heterocycles. The van der Waals surface area contributed by atoms with E-state index in [1.165, 1.54) is 0 Å². The molecule has 0 aliphatic rings. The summed E-state index contributed by atoms with van der Waals surface area (Å²) in [6, 6.07) is 0. The van der Waals surface area contributed by atoms with Crippen LogP contribution in [-0.2, 0) is 37.3 Å². The van der Waals surface area contributed by atoms with Gasteiger partial charge in [-0.3, -0.25) is 0 Å². The molecule has 0 aliphatic carbocycles. The van der Waals surface area contributed by atoms with Crippen LogP contribution in [0, 0.1) is 0 Å². The molecule has 0 heterocycles. The quantitative estimate of drug-likeness (QED) is 0.610. The molecule has 0 saturated heterocycles. The van der Waals surface area contributed by atoms with Gasteiger partial charge < -0.3 is 0 Å². The van der Waals surface area contributed by atoms with Crippen molar-refractivity contribution in [1.29, 1.82) is 0 Å². The third-order valence-electron chi connectivity index (χ3n) is 0. The van der Waals surface area contributed by atoms with Gasteiger partial charge >= 0.3 is 34.6 Å². The molecule has 0 nitrogen and oxygen atoms in total. The van der Waals surface area contributed by atoms with Crippen molar-refractivity contribution in [3.63, 3.8) is 0 Å². The first-order chi connectivity index (χ1) is 1.41. The van der Waals surface area contributed by atoms with Crippen molar-refractivity contribution in [2.75, 3.05) is 0 Å². The molecule has 0 bridgehead atoms. The zero-order chi connectivity index (χ0) is 2.71. The van der Waals surface area contributed by atoms with Crippen molar-refractivity contribution in [3.8, 4) is 0 Å². The SMILES string of the molecule is [Nb].[S]=[W]=[S]. The van der Waals surface area contributed by atoms with E-state index in [-0.39, 0.29) is 22.4 Å². The van der Waals surface area contributed by atoms with Gasteiger partial charge in [-0.15, -0.1) is 0 Å². The van der Waals surface area contributed by atoms with Gasteiger partial charge in [0.05, 0.1) is 0 Å². The molecule has 23 valence electrons. The van der Waals surface area contributed by atoms with Gasteiger partial charge in [0.1, 0.15) is 0 Å². The van der Waals surface area contributed by atoms with Gasteiger partial charge in [0.15, 0.2) is 0 Å². The van der Waals surface area contributed by atoms with Gasteiger partial charge in [0.2, 0.25) is 0 Å². The van der Waals surface area contributed by atoms with Crippen LogP contribution in [0.5, 0.6) is 0 Å². The summed E-state index contributed by atoms with van der Waals surface area (Å²) in [6.07, 6.45) is 0. The second kappa shape index (κ2) is 8.85. The summed E-state index contributed by atoms with van der Waals surface area (Å²) < 4.78 is 0. The second-order valence-electron chi connectivity index (χ2n) is 0.0680. The molecule has 0 saturated carbocycles. The Kier molecular flexibility index (Phi) is 20.6. The molecular weight excluding hydrogens is 341 g/mol. The van der Waals surface area contributed by atoms with Crippen LogP contribution in [0.1, 0.15) is 0 Å². The van der Waals surface area contributed by atoms with Crippen LogP contribution in [-0.4, -0.2) is 0 Å². The minimum absolute atomic E-state index is 0. The Hall–Kier alpha value is 1.87. The topological polar surface area (TPSA) is 0 Å². The molecule has 4 heavy (non-hydrogen) atoms. The van der Waals surface area contributed by atoms with Crippen LogP contribution < -0.4 is 0 Å². The van der Waals surface area contributed by atoms with Gasteiger partial charge in [-0.2, -0.15) is 0 Å². The molecule has 0 fully saturated rings. The summed E-state index contributed by atoms with van der Waals surface area (Å²) in [7, 11) is 8.75. The van der Waals surface area contributed by atoms with Gasteiger partial charge in [-0.1, -0.05) is 0 Å². The van der Waals surface area contributed by atoms with Crippen molar-refractivity contribution < 1.29 is 37.3 Å². The molecule has 0 rings (SSSR count). The molecule has 0 aromatic heterocycles. The minimum atomic E-state index is -0.583. The summed E-state index contributed by atoms with van der Waals surface area (Å²) in [5, 5.41) is 0. The number of rotatable bonds is 0.